The Kier molecular flexibility index (Phi) is 4.66. The summed E-state index contributed by atoms with van der Waals surface area (Å²) >= 11 is 4.80. The van der Waals surface area contributed by atoms with Crippen molar-refractivity contribution in [1.29, 1.82) is 0 Å². The van der Waals surface area contributed by atoms with E-state index in [9.17, 15) is 13.2 Å². The van der Waals surface area contributed by atoms with Gasteiger partial charge in [-0.15, -0.1) is 0 Å². The van der Waals surface area contributed by atoms with Crippen LogP contribution in [0.4, 0.5) is 0 Å². The van der Waals surface area contributed by atoms with Crippen molar-refractivity contribution in [1.82, 2.24) is 5.32 Å². The zero-order chi connectivity index (χ0) is 12.3. The maximum atomic E-state index is 11.3. The van der Waals surface area contributed by atoms with E-state index in [0.717, 1.165) is 6.26 Å². The third-order valence-corrected chi connectivity index (χ3v) is 3.30. The maximum Gasteiger partial charge on any atom is 0.235 e. The Morgan fingerprint density at radius 2 is 2.00 bits per heavy atom. The molecule has 0 aromatic heterocycles. The fraction of sp³-hybridized carbons (Fsp3) is 0.750. The summed E-state index contributed by atoms with van der Waals surface area (Å²) in [6.07, 6.45) is 1.51. The standard InChI is InChI=1S/C8H16N2O3S2/c1-4-8(2,7(9)14)10-6(11)5-15(3,12)13/h4-5H2,1-3H3,(H2,9,14)(H,10,11). The summed E-state index contributed by atoms with van der Waals surface area (Å²) in [6.45, 7) is 3.47. The number of amides is 1. The van der Waals surface area contributed by atoms with E-state index in [1.165, 1.54) is 0 Å². The normalized spacial score (nSPS) is 15.4. The summed E-state index contributed by atoms with van der Waals surface area (Å²) in [6, 6.07) is 0. The van der Waals surface area contributed by atoms with Crippen LogP contribution in [-0.4, -0.2) is 36.9 Å². The van der Waals surface area contributed by atoms with Gasteiger partial charge in [0.2, 0.25) is 5.91 Å². The molecule has 7 heteroatoms. The topological polar surface area (TPSA) is 89.3 Å². The molecule has 3 N–H and O–H groups in total. The highest BCUT2D eigenvalue weighted by Gasteiger charge is 2.28. The van der Waals surface area contributed by atoms with Crippen molar-refractivity contribution in [2.24, 2.45) is 5.73 Å². The Morgan fingerprint density at radius 1 is 1.53 bits per heavy atom. The average molecular weight is 252 g/mol. The van der Waals surface area contributed by atoms with Gasteiger partial charge in [-0.3, -0.25) is 4.79 Å². The lowest BCUT2D eigenvalue weighted by Gasteiger charge is -2.28. The van der Waals surface area contributed by atoms with Crippen LogP contribution in [0.3, 0.4) is 0 Å². The first-order chi connectivity index (χ1) is 6.60. The molecule has 15 heavy (non-hydrogen) atoms. The Morgan fingerprint density at radius 3 is 2.27 bits per heavy atom. The second-order valence-electron chi connectivity index (χ2n) is 3.67. The van der Waals surface area contributed by atoms with Gasteiger partial charge in [-0.25, -0.2) is 8.42 Å². The lowest BCUT2D eigenvalue weighted by molar-refractivity contribution is -0.119. The maximum absolute atomic E-state index is 11.3. The predicted molar refractivity (Wildman–Crippen MR) is 63.3 cm³/mol. The number of hydrogen-bond acceptors (Lipinski definition) is 4. The number of carbonyl (C=O) groups excluding carboxylic acids is 1. The van der Waals surface area contributed by atoms with Crippen LogP contribution in [0, 0.1) is 0 Å². The van der Waals surface area contributed by atoms with Gasteiger partial charge in [-0.2, -0.15) is 0 Å². The SMILES string of the molecule is CCC(C)(NC(=O)CS(C)(=O)=O)C(N)=S. The van der Waals surface area contributed by atoms with E-state index in [2.05, 4.69) is 5.32 Å². The van der Waals surface area contributed by atoms with Gasteiger partial charge in [-0.1, -0.05) is 19.1 Å². The van der Waals surface area contributed by atoms with Crippen LogP contribution < -0.4 is 11.1 Å². The Hall–Kier alpha value is -0.690. The summed E-state index contributed by atoms with van der Waals surface area (Å²) < 4.78 is 21.7. The number of carbonyl (C=O) groups is 1. The fourth-order valence-corrected chi connectivity index (χ4v) is 1.65. The first-order valence-electron chi connectivity index (χ1n) is 4.39. The van der Waals surface area contributed by atoms with Gasteiger partial charge in [0.05, 0.1) is 10.5 Å². The zero-order valence-corrected chi connectivity index (χ0v) is 10.7. The molecule has 0 radical (unpaired) electrons. The summed E-state index contributed by atoms with van der Waals surface area (Å²) in [5.74, 6) is -1.14. The Balaban J connectivity index is 4.59. The van der Waals surface area contributed by atoms with Crippen molar-refractivity contribution >= 4 is 33.0 Å². The van der Waals surface area contributed by atoms with Gasteiger partial charge >= 0.3 is 0 Å². The summed E-state index contributed by atoms with van der Waals surface area (Å²) in [5.41, 5.74) is 4.64. The van der Waals surface area contributed by atoms with Crippen LogP contribution >= 0.6 is 12.2 Å². The van der Waals surface area contributed by atoms with Gasteiger partial charge in [0.25, 0.3) is 0 Å². The molecule has 0 aliphatic rings. The zero-order valence-electron chi connectivity index (χ0n) is 9.03. The molecule has 0 heterocycles. The van der Waals surface area contributed by atoms with Crippen LogP contribution in [0.1, 0.15) is 20.3 Å². The molecular formula is C8H16N2O3S2. The molecule has 5 nitrogen and oxygen atoms in total. The largest absolute Gasteiger partial charge is 0.391 e. The summed E-state index contributed by atoms with van der Waals surface area (Å²) in [7, 11) is -3.33. The van der Waals surface area contributed by atoms with Crippen molar-refractivity contribution < 1.29 is 13.2 Å². The molecule has 1 atom stereocenters. The van der Waals surface area contributed by atoms with Gasteiger partial charge in [0, 0.05) is 6.26 Å². The smallest absolute Gasteiger partial charge is 0.235 e. The summed E-state index contributed by atoms with van der Waals surface area (Å²) in [5, 5.41) is 2.51. The number of sulfone groups is 1. The molecule has 0 spiro atoms. The third kappa shape index (κ3) is 5.08. The third-order valence-electron chi connectivity index (χ3n) is 2.06. The van der Waals surface area contributed by atoms with Gasteiger partial charge < -0.3 is 11.1 Å². The van der Waals surface area contributed by atoms with Crippen LogP contribution in [0.2, 0.25) is 0 Å². The molecule has 0 fully saturated rings. The quantitative estimate of drug-likeness (QED) is 0.650. The molecule has 0 rings (SSSR count). The van der Waals surface area contributed by atoms with Crippen molar-refractivity contribution in [3.8, 4) is 0 Å². The Labute approximate surface area is 95.3 Å². The second kappa shape index (κ2) is 4.89. The lowest BCUT2D eigenvalue weighted by Crippen LogP contribution is -2.55. The van der Waals surface area contributed by atoms with Crippen LogP contribution in [0.15, 0.2) is 0 Å². The van der Waals surface area contributed by atoms with E-state index < -0.39 is 27.0 Å². The van der Waals surface area contributed by atoms with Crippen LogP contribution in [-0.2, 0) is 14.6 Å². The van der Waals surface area contributed by atoms with Crippen molar-refractivity contribution in [3.05, 3.63) is 0 Å². The van der Waals surface area contributed by atoms with Crippen molar-refractivity contribution in [2.75, 3.05) is 12.0 Å². The number of hydrogen-bond donors (Lipinski definition) is 2. The number of thiocarbonyl (C=S) groups is 1. The highest BCUT2D eigenvalue weighted by molar-refractivity contribution is 7.91. The molecule has 0 bridgehead atoms. The molecule has 0 aliphatic heterocycles. The monoisotopic (exact) mass is 252 g/mol. The molecule has 1 amide bonds. The molecule has 0 aliphatic carbocycles. The molecule has 0 aromatic carbocycles. The van der Waals surface area contributed by atoms with E-state index in [-0.39, 0.29) is 4.99 Å². The number of nitrogens with two attached hydrogens (primary N) is 1. The van der Waals surface area contributed by atoms with Crippen LogP contribution in [0.5, 0.6) is 0 Å². The Bertz CT molecular complexity index is 364. The van der Waals surface area contributed by atoms with E-state index in [1.807, 2.05) is 0 Å². The first kappa shape index (κ1) is 14.3. The fourth-order valence-electron chi connectivity index (χ4n) is 0.906. The highest BCUT2D eigenvalue weighted by atomic mass is 32.2. The number of nitrogens with one attached hydrogen (secondary N) is 1. The second-order valence-corrected chi connectivity index (χ2v) is 6.25. The summed E-state index contributed by atoms with van der Waals surface area (Å²) in [4.78, 5) is 11.5. The average Bonchev–Trinajstić information content (AvgIpc) is 1.99. The van der Waals surface area contributed by atoms with E-state index in [4.69, 9.17) is 18.0 Å². The minimum absolute atomic E-state index is 0.145. The van der Waals surface area contributed by atoms with Crippen LogP contribution in [0.25, 0.3) is 0 Å². The minimum atomic E-state index is -3.33. The van der Waals surface area contributed by atoms with Crippen molar-refractivity contribution in [2.45, 2.75) is 25.8 Å². The number of rotatable bonds is 5. The first-order valence-corrected chi connectivity index (χ1v) is 6.86. The predicted octanol–water partition coefficient (Wildman–Crippen LogP) is -0.398. The highest BCUT2D eigenvalue weighted by Crippen LogP contribution is 2.09. The van der Waals surface area contributed by atoms with Gasteiger partial charge in [0.1, 0.15) is 5.75 Å². The molecular weight excluding hydrogens is 236 g/mol. The molecule has 88 valence electrons. The van der Waals surface area contributed by atoms with Gasteiger partial charge in [0.15, 0.2) is 9.84 Å². The van der Waals surface area contributed by atoms with Crippen molar-refractivity contribution in [3.63, 3.8) is 0 Å². The van der Waals surface area contributed by atoms with E-state index >= 15 is 0 Å². The van der Waals surface area contributed by atoms with Gasteiger partial charge in [-0.05, 0) is 13.3 Å². The molecule has 0 saturated carbocycles. The molecule has 1 unspecified atom stereocenters. The van der Waals surface area contributed by atoms with E-state index in [1.54, 1.807) is 13.8 Å². The molecule has 0 saturated heterocycles. The lowest BCUT2D eigenvalue weighted by atomic mass is 9.99. The van der Waals surface area contributed by atoms with E-state index in [0.29, 0.717) is 6.42 Å². The molecule has 0 aromatic rings. The minimum Gasteiger partial charge on any atom is -0.391 e.